The molecular formula is C21H33O4P. The molecule has 4 nitrogen and oxygen atoms in total. The number of rotatable bonds is 7. The van der Waals surface area contributed by atoms with Crippen molar-refractivity contribution in [3.8, 4) is 0 Å². The van der Waals surface area contributed by atoms with E-state index in [1.54, 1.807) is 0 Å². The van der Waals surface area contributed by atoms with Crippen molar-refractivity contribution in [2.45, 2.75) is 72.0 Å². The van der Waals surface area contributed by atoms with E-state index in [-0.39, 0.29) is 12.2 Å². The van der Waals surface area contributed by atoms with Crippen LogP contribution in [0.4, 0.5) is 0 Å². The summed E-state index contributed by atoms with van der Waals surface area (Å²) < 4.78 is 31.1. The van der Waals surface area contributed by atoms with E-state index < -0.39 is 7.82 Å². The van der Waals surface area contributed by atoms with E-state index >= 15 is 0 Å². The summed E-state index contributed by atoms with van der Waals surface area (Å²) in [6.45, 7) is 8.85. The average Bonchev–Trinajstić information content (AvgIpc) is 2.96. The molecule has 0 N–H and O–H groups in total. The monoisotopic (exact) mass is 380 g/mol. The Labute approximate surface area is 158 Å². The molecule has 1 saturated carbocycles. The van der Waals surface area contributed by atoms with Crippen molar-refractivity contribution in [3.63, 3.8) is 0 Å². The van der Waals surface area contributed by atoms with Gasteiger partial charge >= 0.3 is 7.82 Å². The molecule has 0 bridgehead atoms. The third-order valence-corrected chi connectivity index (χ3v) is 7.46. The molecule has 2 aliphatic rings. The Kier molecular flexibility index (Phi) is 6.61. The predicted molar refractivity (Wildman–Crippen MR) is 104 cm³/mol. The van der Waals surface area contributed by atoms with Crippen molar-refractivity contribution >= 4 is 7.82 Å². The molecular weight excluding hydrogens is 347 g/mol. The maximum atomic E-state index is 13.4. The standard InChI is InChI=1S/C21H33O4P/c1-5-23-26(22,24-19-13-17-8-6-7-9-18(17)14-19)25-21-12-16(4)10-11-20(21)15(2)3/h6-9,15-16,19-21H,5,10-14H2,1-4H3/t16-,20+,21?,26?/m0/s1. The van der Waals surface area contributed by atoms with E-state index in [4.69, 9.17) is 13.6 Å². The van der Waals surface area contributed by atoms with Crippen LogP contribution in [0.1, 0.15) is 58.1 Å². The van der Waals surface area contributed by atoms with Crippen LogP contribution in [0.5, 0.6) is 0 Å². The summed E-state index contributed by atoms with van der Waals surface area (Å²) in [6, 6.07) is 8.30. The number of hydrogen-bond acceptors (Lipinski definition) is 4. The number of fused-ring (bicyclic) bond motifs is 1. The van der Waals surface area contributed by atoms with Crippen molar-refractivity contribution in [2.24, 2.45) is 17.8 Å². The zero-order valence-electron chi connectivity index (χ0n) is 16.5. The lowest BCUT2D eigenvalue weighted by atomic mass is 9.75. The first-order valence-electron chi connectivity index (χ1n) is 10.1. The normalized spacial score (nSPS) is 28.9. The minimum Gasteiger partial charge on any atom is -0.287 e. The Morgan fingerprint density at radius 2 is 1.77 bits per heavy atom. The van der Waals surface area contributed by atoms with Gasteiger partial charge in [-0.3, -0.25) is 13.6 Å². The van der Waals surface area contributed by atoms with Gasteiger partial charge in [0, 0.05) is 0 Å². The fourth-order valence-corrected chi connectivity index (χ4v) is 6.00. The van der Waals surface area contributed by atoms with Crippen LogP contribution in [0.25, 0.3) is 0 Å². The number of benzene rings is 1. The van der Waals surface area contributed by atoms with Crippen molar-refractivity contribution < 1.29 is 18.1 Å². The summed E-state index contributed by atoms with van der Waals surface area (Å²) in [5.41, 5.74) is 2.54. The van der Waals surface area contributed by atoms with E-state index in [0.29, 0.717) is 24.4 Å². The van der Waals surface area contributed by atoms with Gasteiger partial charge in [0.2, 0.25) is 0 Å². The molecule has 146 valence electrons. The second kappa shape index (κ2) is 8.56. The Morgan fingerprint density at radius 3 is 2.35 bits per heavy atom. The Balaban J connectivity index is 1.70. The third-order valence-electron chi connectivity index (χ3n) is 5.80. The van der Waals surface area contributed by atoms with Gasteiger partial charge in [0.1, 0.15) is 0 Å². The topological polar surface area (TPSA) is 44.8 Å². The van der Waals surface area contributed by atoms with Crippen LogP contribution >= 0.6 is 7.82 Å². The van der Waals surface area contributed by atoms with Gasteiger partial charge in [0.05, 0.1) is 18.8 Å². The third kappa shape index (κ3) is 4.78. The molecule has 1 aromatic rings. The van der Waals surface area contributed by atoms with Crippen LogP contribution in [-0.4, -0.2) is 18.8 Å². The molecule has 3 rings (SSSR count). The van der Waals surface area contributed by atoms with E-state index in [1.165, 1.54) is 17.5 Å². The maximum Gasteiger partial charge on any atom is 0.475 e. The van der Waals surface area contributed by atoms with Crippen LogP contribution in [0.15, 0.2) is 24.3 Å². The first-order chi connectivity index (χ1) is 12.4. The SMILES string of the molecule is CCOP(=O)(OC1Cc2ccccc2C1)OC1C[C@@H](C)CC[C@@H]1C(C)C. The predicted octanol–water partition coefficient (Wildman–Crippen LogP) is 5.79. The molecule has 0 aromatic heterocycles. The highest BCUT2D eigenvalue weighted by atomic mass is 31.2. The van der Waals surface area contributed by atoms with E-state index in [2.05, 4.69) is 32.9 Å². The molecule has 1 aromatic carbocycles. The molecule has 0 spiro atoms. The highest BCUT2D eigenvalue weighted by Crippen LogP contribution is 2.55. The molecule has 4 atom stereocenters. The maximum absolute atomic E-state index is 13.4. The van der Waals surface area contributed by atoms with Crippen molar-refractivity contribution in [1.29, 1.82) is 0 Å². The van der Waals surface area contributed by atoms with Crippen LogP contribution in [-0.2, 0) is 31.0 Å². The Hall–Kier alpha value is -0.670. The molecule has 0 aliphatic heterocycles. The highest BCUT2D eigenvalue weighted by Gasteiger charge is 2.40. The van der Waals surface area contributed by atoms with Crippen LogP contribution in [0, 0.1) is 17.8 Å². The van der Waals surface area contributed by atoms with Gasteiger partial charge in [-0.2, -0.15) is 0 Å². The minimum absolute atomic E-state index is 0.0556. The second-order valence-corrected chi connectivity index (χ2v) is 9.81. The smallest absolute Gasteiger partial charge is 0.287 e. The molecule has 0 heterocycles. The lowest BCUT2D eigenvalue weighted by Crippen LogP contribution is -2.34. The van der Waals surface area contributed by atoms with Gasteiger partial charge in [0.15, 0.2) is 0 Å². The molecule has 2 aliphatic carbocycles. The fraction of sp³-hybridized carbons (Fsp3) is 0.714. The van der Waals surface area contributed by atoms with Gasteiger partial charge in [0.25, 0.3) is 0 Å². The minimum atomic E-state index is -3.57. The lowest BCUT2D eigenvalue weighted by Gasteiger charge is -2.38. The highest BCUT2D eigenvalue weighted by molar-refractivity contribution is 7.48. The largest absolute Gasteiger partial charge is 0.475 e. The van der Waals surface area contributed by atoms with E-state index in [0.717, 1.165) is 25.7 Å². The first kappa shape index (κ1) is 20.1. The van der Waals surface area contributed by atoms with E-state index in [1.807, 2.05) is 19.1 Å². The quantitative estimate of drug-likeness (QED) is 0.562. The fourth-order valence-electron chi connectivity index (χ4n) is 4.42. The summed E-state index contributed by atoms with van der Waals surface area (Å²) in [5, 5.41) is 0. The van der Waals surface area contributed by atoms with Gasteiger partial charge in [-0.1, -0.05) is 51.5 Å². The van der Waals surface area contributed by atoms with Crippen LogP contribution in [0.3, 0.4) is 0 Å². The van der Waals surface area contributed by atoms with E-state index in [9.17, 15) is 4.57 Å². The summed E-state index contributed by atoms with van der Waals surface area (Å²) in [4.78, 5) is 0. The average molecular weight is 380 g/mol. The zero-order chi connectivity index (χ0) is 18.7. The number of hydrogen-bond donors (Lipinski definition) is 0. The second-order valence-electron chi connectivity index (χ2n) is 8.24. The van der Waals surface area contributed by atoms with Crippen LogP contribution in [0.2, 0.25) is 0 Å². The van der Waals surface area contributed by atoms with Gasteiger partial charge in [-0.05, 0) is 61.5 Å². The molecule has 5 heteroatoms. The van der Waals surface area contributed by atoms with Gasteiger partial charge in [-0.25, -0.2) is 4.57 Å². The Bertz CT molecular complexity index is 620. The summed E-state index contributed by atoms with van der Waals surface area (Å²) in [7, 11) is -3.57. The van der Waals surface area contributed by atoms with Crippen molar-refractivity contribution in [1.82, 2.24) is 0 Å². The lowest BCUT2D eigenvalue weighted by molar-refractivity contribution is -0.00335. The summed E-state index contributed by atoms with van der Waals surface area (Å²) >= 11 is 0. The molecule has 26 heavy (non-hydrogen) atoms. The van der Waals surface area contributed by atoms with Gasteiger partial charge in [-0.15, -0.1) is 0 Å². The molecule has 0 amide bonds. The Morgan fingerprint density at radius 1 is 1.12 bits per heavy atom. The van der Waals surface area contributed by atoms with Crippen LogP contribution < -0.4 is 0 Å². The summed E-state index contributed by atoms with van der Waals surface area (Å²) in [6.07, 6.45) is 4.60. The number of phosphoric ester groups is 1. The molecule has 1 fully saturated rings. The number of phosphoric acid groups is 1. The zero-order valence-corrected chi connectivity index (χ0v) is 17.4. The van der Waals surface area contributed by atoms with Crippen molar-refractivity contribution in [2.75, 3.05) is 6.61 Å². The van der Waals surface area contributed by atoms with Crippen molar-refractivity contribution in [3.05, 3.63) is 35.4 Å². The molecule has 0 saturated heterocycles. The summed E-state index contributed by atoms with van der Waals surface area (Å²) in [5.74, 6) is 1.49. The van der Waals surface area contributed by atoms with Gasteiger partial charge < -0.3 is 0 Å². The first-order valence-corrected chi connectivity index (χ1v) is 11.5. The molecule has 2 unspecified atom stereocenters. The molecule has 0 radical (unpaired) electrons.